The number of halogens is 2. The van der Waals surface area contributed by atoms with Crippen LogP contribution in [0.15, 0.2) is 16.6 Å². The van der Waals surface area contributed by atoms with Crippen LogP contribution in [0.4, 0.5) is 4.39 Å². The number of carboxylic acid groups (broad SMARTS) is 1. The van der Waals surface area contributed by atoms with Crippen molar-refractivity contribution in [2.75, 3.05) is 7.11 Å². The largest absolute Gasteiger partial charge is 0.480 e. The van der Waals surface area contributed by atoms with Gasteiger partial charge in [0.25, 0.3) is 0 Å². The molecule has 0 aliphatic rings. The number of ether oxygens (including phenoxy) is 1. The molecule has 1 aromatic carbocycles. The zero-order valence-corrected chi connectivity index (χ0v) is 11.2. The molecule has 94 valence electrons. The van der Waals surface area contributed by atoms with Crippen LogP contribution in [0.25, 0.3) is 10.9 Å². The summed E-state index contributed by atoms with van der Waals surface area (Å²) < 4.78 is 19.2. The predicted octanol–water partition coefficient (Wildman–Crippen LogP) is 3.15. The van der Waals surface area contributed by atoms with Gasteiger partial charge in [0.2, 0.25) is 5.88 Å². The highest BCUT2D eigenvalue weighted by molar-refractivity contribution is 9.10. The molecule has 2 rings (SSSR count). The molecule has 0 saturated carbocycles. The lowest BCUT2D eigenvalue weighted by Gasteiger charge is -2.09. The molecule has 1 N–H and O–H groups in total. The first-order chi connectivity index (χ1) is 8.45. The number of methoxy groups -OCH3 is 1. The van der Waals surface area contributed by atoms with E-state index in [0.29, 0.717) is 9.86 Å². The molecule has 0 radical (unpaired) electrons. The van der Waals surface area contributed by atoms with Gasteiger partial charge in [-0.15, -0.1) is 0 Å². The fraction of sp³-hybridized carbons (Fsp3) is 0.167. The minimum atomic E-state index is -1.17. The van der Waals surface area contributed by atoms with E-state index in [2.05, 4.69) is 20.9 Å². The second-order valence-electron chi connectivity index (χ2n) is 3.71. The third-order valence-electron chi connectivity index (χ3n) is 2.65. The van der Waals surface area contributed by atoms with Crippen molar-refractivity contribution in [2.45, 2.75) is 6.92 Å². The molecule has 1 heterocycles. The van der Waals surface area contributed by atoms with Crippen molar-refractivity contribution in [1.82, 2.24) is 4.98 Å². The van der Waals surface area contributed by atoms with Gasteiger partial charge in [0.1, 0.15) is 11.1 Å². The summed E-state index contributed by atoms with van der Waals surface area (Å²) in [5.74, 6) is -1.80. The Labute approximate surface area is 111 Å². The van der Waals surface area contributed by atoms with Gasteiger partial charge in [-0.3, -0.25) is 0 Å². The van der Waals surface area contributed by atoms with Gasteiger partial charge in [-0.1, -0.05) is 15.9 Å². The first kappa shape index (κ1) is 12.8. The fourth-order valence-electron chi connectivity index (χ4n) is 1.69. The van der Waals surface area contributed by atoms with Crippen LogP contribution < -0.4 is 4.74 Å². The Morgan fingerprint density at radius 3 is 2.72 bits per heavy atom. The lowest BCUT2D eigenvalue weighted by atomic mass is 10.1. The van der Waals surface area contributed by atoms with E-state index in [0.717, 1.165) is 5.56 Å². The highest BCUT2D eigenvalue weighted by Crippen LogP contribution is 2.30. The van der Waals surface area contributed by atoms with E-state index in [1.807, 2.05) is 0 Å². The van der Waals surface area contributed by atoms with Crippen LogP contribution in [-0.4, -0.2) is 23.2 Å². The SMILES string of the molecule is COc1nc2c(F)cc(Br)c(C)c2cc1C(=O)O. The van der Waals surface area contributed by atoms with Crippen molar-refractivity contribution in [3.05, 3.63) is 33.5 Å². The highest BCUT2D eigenvalue weighted by Gasteiger charge is 2.18. The third kappa shape index (κ3) is 1.92. The van der Waals surface area contributed by atoms with E-state index in [1.165, 1.54) is 19.2 Å². The number of hydrogen-bond donors (Lipinski definition) is 1. The number of aromatic nitrogens is 1. The summed E-state index contributed by atoms with van der Waals surface area (Å²) in [6.07, 6.45) is 0. The molecule has 2 aromatic rings. The number of benzene rings is 1. The molecular formula is C12H9BrFNO3. The average molecular weight is 314 g/mol. The zero-order valence-electron chi connectivity index (χ0n) is 9.62. The van der Waals surface area contributed by atoms with Gasteiger partial charge >= 0.3 is 5.97 Å². The smallest absolute Gasteiger partial charge is 0.341 e. The van der Waals surface area contributed by atoms with Crippen molar-refractivity contribution in [3.63, 3.8) is 0 Å². The minimum Gasteiger partial charge on any atom is -0.480 e. The van der Waals surface area contributed by atoms with Gasteiger partial charge in [-0.25, -0.2) is 14.2 Å². The summed E-state index contributed by atoms with van der Waals surface area (Å²) >= 11 is 3.22. The monoisotopic (exact) mass is 313 g/mol. The quantitative estimate of drug-likeness (QED) is 0.925. The molecule has 0 saturated heterocycles. The lowest BCUT2D eigenvalue weighted by molar-refractivity contribution is 0.0692. The van der Waals surface area contributed by atoms with Gasteiger partial charge < -0.3 is 9.84 Å². The topological polar surface area (TPSA) is 59.4 Å². The maximum absolute atomic E-state index is 13.8. The Morgan fingerprint density at radius 1 is 1.50 bits per heavy atom. The van der Waals surface area contributed by atoms with Crippen LogP contribution in [0.3, 0.4) is 0 Å². The van der Waals surface area contributed by atoms with Crippen LogP contribution in [-0.2, 0) is 0 Å². The standard InChI is InChI=1S/C12H9BrFNO3/c1-5-6-3-7(12(16)17)11(18-2)15-10(6)9(14)4-8(5)13/h3-4H,1-2H3,(H,16,17). The molecule has 0 aliphatic heterocycles. The van der Waals surface area contributed by atoms with Crippen molar-refractivity contribution in [2.24, 2.45) is 0 Å². The molecule has 6 heteroatoms. The summed E-state index contributed by atoms with van der Waals surface area (Å²) in [5.41, 5.74) is 0.729. The number of aryl methyl sites for hydroxylation is 1. The van der Waals surface area contributed by atoms with Gasteiger partial charge in [-0.2, -0.15) is 0 Å². The normalized spacial score (nSPS) is 10.7. The number of fused-ring (bicyclic) bond motifs is 1. The summed E-state index contributed by atoms with van der Waals surface area (Å²) in [6.45, 7) is 1.76. The van der Waals surface area contributed by atoms with E-state index >= 15 is 0 Å². The minimum absolute atomic E-state index is 0.0920. The van der Waals surface area contributed by atoms with Crippen LogP contribution in [0, 0.1) is 12.7 Å². The average Bonchev–Trinajstić information content (AvgIpc) is 2.34. The van der Waals surface area contributed by atoms with Crippen LogP contribution >= 0.6 is 15.9 Å². The molecule has 0 bridgehead atoms. The molecule has 0 amide bonds. The van der Waals surface area contributed by atoms with Gasteiger partial charge in [0.05, 0.1) is 7.11 Å². The number of nitrogens with zero attached hydrogens (tertiary/aromatic N) is 1. The van der Waals surface area contributed by atoms with Crippen LogP contribution in [0.5, 0.6) is 5.88 Å². The van der Waals surface area contributed by atoms with E-state index < -0.39 is 11.8 Å². The number of rotatable bonds is 2. The Hall–Kier alpha value is -1.69. The van der Waals surface area contributed by atoms with E-state index in [1.54, 1.807) is 6.92 Å². The highest BCUT2D eigenvalue weighted by atomic mass is 79.9. The Balaban J connectivity index is 2.92. The molecule has 0 atom stereocenters. The maximum Gasteiger partial charge on any atom is 0.341 e. The molecule has 4 nitrogen and oxygen atoms in total. The second-order valence-corrected chi connectivity index (χ2v) is 4.57. The summed E-state index contributed by atoms with van der Waals surface area (Å²) in [6, 6.07) is 2.66. The van der Waals surface area contributed by atoms with E-state index in [-0.39, 0.29) is 17.0 Å². The number of pyridine rings is 1. The number of aromatic carboxylic acids is 1. The van der Waals surface area contributed by atoms with Crippen LogP contribution in [0.1, 0.15) is 15.9 Å². The zero-order chi connectivity index (χ0) is 13.4. The summed E-state index contributed by atoms with van der Waals surface area (Å²) in [7, 11) is 1.30. The first-order valence-corrected chi connectivity index (χ1v) is 5.81. The maximum atomic E-state index is 13.8. The van der Waals surface area contributed by atoms with Crippen molar-refractivity contribution in [1.29, 1.82) is 0 Å². The molecular weight excluding hydrogens is 305 g/mol. The van der Waals surface area contributed by atoms with Crippen LogP contribution in [0.2, 0.25) is 0 Å². The molecule has 18 heavy (non-hydrogen) atoms. The Bertz CT molecular complexity index is 658. The predicted molar refractivity (Wildman–Crippen MR) is 67.6 cm³/mol. The number of carboxylic acids is 1. The molecule has 0 fully saturated rings. The van der Waals surface area contributed by atoms with Crippen molar-refractivity contribution in [3.8, 4) is 5.88 Å². The number of carbonyl (C=O) groups is 1. The summed E-state index contributed by atoms with van der Waals surface area (Å²) in [5, 5.41) is 9.50. The molecule has 0 unspecified atom stereocenters. The number of hydrogen-bond acceptors (Lipinski definition) is 3. The Kier molecular flexibility index (Phi) is 3.21. The van der Waals surface area contributed by atoms with Gasteiger partial charge in [0.15, 0.2) is 5.82 Å². The van der Waals surface area contributed by atoms with E-state index in [4.69, 9.17) is 9.84 Å². The first-order valence-electron chi connectivity index (χ1n) is 5.02. The molecule has 0 aliphatic carbocycles. The molecule has 0 spiro atoms. The third-order valence-corrected chi connectivity index (χ3v) is 3.48. The van der Waals surface area contributed by atoms with E-state index in [9.17, 15) is 9.18 Å². The fourth-order valence-corrected chi connectivity index (χ4v) is 2.10. The summed E-state index contributed by atoms with van der Waals surface area (Å²) in [4.78, 5) is 15.0. The molecule has 1 aromatic heterocycles. The van der Waals surface area contributed by atoms with Crippen molar-refractivity contribution >= 4 is 32.8 Å². The van der Waals surface area contributed by atoms with Gasteiger partial charge in [0, 0.05) is 9.86 Å². The second kappa shape index (κ2) is 4.53. The Morgan fingerprint density at radius 2 is 2.17 bits per heavy atom. The van der Waals surface area contributed by atoms with Gasteiger partial charge in [-0.05, 0) is 24.6 Å². The lowest BCUT2D eigenvalue weighted by Crippen LogP contribution is -2.04. The van der Waals surface area contributed by atoms with Crippen molar-refractivity contribution < 1.29 is 19.0 Å².